The largest absolute Gasteiger partial charge is 0.483 e. The van der Waals surface area contributed by atoms with Crippen molar-refractivity contribution in [2.75, 3.05) is 10.9 Å². The number of benzene rings is 3. The molecule has 6 heteroatoms. The van der Waals surface area contributed by atoms with Crippen LogP contribution in [-0.4, -0.2) is 20.9 Å². The summed E-state index contributed by atoms with van der Waals surface area (Å²) in [5.41, 5.74) is 3.23. The second-order valence-corrected chi connectivity index (χ2v) is 9.76. The predicted molar refractivity (Wildman–Crippen MR) is 128 cm³/mol. The van der Waals surface area contributed by atoms with Gasteiger partial charge in [-0.15, -0.1) is 0 Å². The Kier molecular flexibility index (Phi) is 7.36. The molecule has 3 rings (SSSR count). The van der Waals surface area contributed by atoms with E-state index in [1.807, 2.05) is 58.0 Å². The predicted octanol–water partition coefficient (Wildman–Crippen LogP) is 5.48. The van der Waals surface area contributed by atoms with Crippen molar-refractivity contribution in [2.45, 2.75) is 44.9 Å². The molecule has 3 aromatic carbocycles. The van der Waals surface area contributed by atoms with Crippen molar-refractivity contribution in [1.82, 2.24) is 0 Å². The Hall–Kier alpha value is -3.12. The van der Waals surface area contributed by atoms with E-state index in [1.54, 1.807) is 30.3 Å². The number of sulfonamides is 1. The third kappa shape index (κ3) is 5.19. The van der Waals surface area contributed by atoms with Crippen LogP contribution in [-0.2, 0) is 21.2 Å². The van der Waals surface area contributed by atoms with Crippen LogP contribution in [0.25, 0.3) is 0 Å². The van der Waals surface area contributed by atoms with Gasteiger partial charge in [0.1, 0.15) is 5.75 Å². The van der Waals surface area contributed by atoms with Crippen molar-refractivity contribution in [3.8, 4) is 5.75 Å². The maximum absolute atomic E-state index is 13.5. The van der Waals surface area contributed by atoms with Crippen LogP contribution < -0.4 is 9.04 Å². The molecule has 0 aliphatic carbocycles. The summed E-state index contributed by atoms with van der Waals surface area (Å²) in [6.07, 6.45) is 0.814. The second-order valence-electron chi connectivity index (χ2n) is 7.98. The molecule has 168 valence electrons. The highest BCUT2D eigenvalue weighted by molar-refractivity contribution is 7.93. The Labute approximate surface area is 190 Å². The molecule has 0 N–H and O–H groups in total. The smallest absolute Gasteiger partial charge is 0.278 e. The molecule has 0 unspecified atom stereocenters. The molecule has 0 saturated heterocycles. The molecule has 0 atom stereocenters. The molecule has 0 aliphatic heterocycles. The molecule has 3 aromatic rings. The third-order valence-corrected chi connectivity index (χ3v) is 7.02. The first-order valence-electron chi connectivity index (χ1n) is 10.7. The SMILES string of the molecule is CCc1ccc(N(C(=O)COc2ccccc2C(C)C)S(=O)(=O)c2ccc(C)cc2)cc1. The molecule has 0 radical (unpaired) electrons. The first-order valence-corrected chi connectivity index (χ1v) is 12.1. The average Bonchev–Trinajstić information content (AvgIpc) is 2.78. The van der Waals surface area contributed by atoms with Gasteiger partial charge in [0.05, 0.1) is 10.6 Å². The van der Waals surface area contributed by atoms with Crippen LogP contribution in [0.15, 0.2) is 77.7 Å². The summed E-state index contributed by atoms with van der Waals surface area (Å²) in [5.74, 6) is 0.119. The van der Waals surface area contributed by atoms with E-state index in [1.165, 1.54) is 12.1 Å². The van der Waals surface area contributed by atoms with Crippen LogP contribution in [0, 0.1) is 6.92 Å². The van der Waals surface area contributed by atoms with Crippen LogP contribution in [0.3, 0.4) is 0 Å². The number of carbonyl (C=O) groups excluding carboxylic acids is 1. The topological polar surface area (TPSA) is 63.7 Å². The lowest BCUT2D eigenvalue weighted by atomic mass is 10.0. The average molecular weight is 452 g/mol. The van der Waals surface area contributed by atoms with Crippen LogP contribution >= 0.6 is 0 Å². The van der Waals surface area contributed by atoms with Gasteiger partial charge in [0.25, 0.3) is 15.9 Å². The van der Waals surface area contributed by atoms with E-state index < -0.39 is 22.5 Å². The van der Waals surface area contributed by atoms with Crippen LogP contribution in [0.2, 0.25) is 0 Å². The van der Waals surface area contributed by atoms with Crippen molar-refractivity contribution < 1.29 is 17.9 Å². The monoisotopic (exact) mass is 451 g/mol. The molecule has 0 heterocycles. The Morgan fingerprint density at radius 2 is 1.56 bits per heavy atom. The van der Waals surface area contributed by atoms with Crippen LogP contribution in [0.5, 0.6) is 5.75 Å². The molecule has 0 aliphatic rings. The molecule has 0 fully saturated rings. The zero-order chi connectivity index (χ0) is 23.3. The summed E-state index contributed by atoms with van der Waals surface area (Å²) in [5, 5.41) is 0. The van der Waals surface area contributed by atoms with Crippen LogP contribution in [0.4, 0.5) is 5.69 Å². The minimum absolute atomic E-state index is 0.0543. The van der Waals surface area contributed by atoms with Gasteiger partial charge in [-0.2, -0.15) is 4.31 Å². The minimum atomic E-state index is -4.12. The van der Waals surface area contributed by atoms with Gasteiger partial charge in [-0.1, -0.05) is 68.8 Å². The first kappa shape index (κ1) is 23.5. The second kappa shape index (κ2) is 10.0. The van der Waals surface area contributed by atoms with E-state index in [2.05, 4.69) is 0 Å². The van der Waals surface area contributed by atoms with Gasteiger partial charge in [0, 0.05) is 0 Å². The summed E-state index contributed by atoms with van der Waals surface area (Å²) < 4.78 is 33.6. The summed E-state index contributed by atoms with van der Waals surface area (Å²) in [7, 11) is -4.12. The van der Waals surface area contributed by atoms with E-state index in [9.17, 15) is 13.2 Å². The first-order chi connectivity index (χ1) is 15.2. The number of hydrogen-bond donors (Lipinski definition) is 0. The van der Waals surface area contributed by atoms with Crippen molar-refractivity contribution in [3.05, 3.63) is 89.5 Å². The van der Waals surface area contributed by atoms with Gasteiger partial charge < -0.3 is 4.74 Å². The van der Waals surface area contributed by atoms with Crippen molar-refractivity contribution >= 4 is 21.6 Å². The van der Waals surface area contributed by atoms with Gasteiger partial charge in [0.15, 0.2) is 6.61 Å². The maximum Gasteiger partial charge on any atom is 0.278 e. The molecule has 0 spiro atoms. The summed E-state index contributed by atoms with van der Waals surface area (Å²) in [6, 6.07) is 20.9. The van der Waals surface area contributed by atoms with Gasteiger partial charge in [-0.05, 0) is 60.7 Å². The Morgan fingerprint density at radius 3 is 2.16 bits per heavy atom. The van der Waals surface area contributed by atoms with E-state index >= 15 is 0 Å². The normalized spacial score (nSPS) is 11.4. The lowest BCUT2D eigenvalue weighted by Gasteiger charge is -2.23. The van der Waals surface area contributed by atoms with E-state index in [-0.39, 0.29) is 16.5 Å². The highest BCUT2D eigenvalue weighted by atomic mass is 32.2. The van der Waals surface area contributed by atoms with E-state index in [0.717, 1.165) is 27.4 Å². The number of hydrogen-bond acceptors (Lipinski definition) is 4. The van der Waals surface area contributed by atoms with Crippen molar-refractivity contribution in [3.63, 3.8) is 0 Å². The molecule has 5 nitrogen and oxygen atoms in total. The number of nitrogens with zero attached hydrogens (tertiary/aromatic N) is 1. The summed E-state index contributed by atoms with van der Waals surface area (Å²) in [4.78, 5) is 13.3. The molecular weight excluding hydrogens is 422 g/mol. The Bertz CT molecular complexity index is 1170. The van der Waals surface area contributed by atoms with Crippen molar-refractivity contribution in [1.29, 1.82) is 0 Å². The number of aryl methyl sites for hydroxylation is 2. The molecule has 1 amide bonds. The van der Waals surface area contributed by atoms with Gasteiger partial charge in [-0.25, -0.2) is 8.42 Å². The number of carbonyl (C=O) groups is 1. The number of rotatable bonds is 8. The quantitative estimate of drug-likeness (QED) is 0.455. The zero-order valence-corrected chi connectivity index (χ0v) is 19.7. The fraction of sp³-hybridized carbons (Fsp3) is 0.269. The fourth-order valence-corrected chi connectivity index (χ4v) is 4.80. The minimum Gasteiger partial charge on any atom is -0.483 e. The maximum atomic E-state index is 13.5. The van der Waals surface area contributed by atoms with Gasteiger partial charge in [-0.3, -0.25) is 4.79 Å². The highest BCUT2D eigenvalue weighted by Crippen LogP contribution is 2.28. The zero-order valence-electron chi connectivity index (χ0n) is 18.9. The van der Waals surface area contributed by atoms with E-state index in [0.29, 0.717) is 5.75 Å². The third-order valence-electron chi connectivity index (χ3n) is 5.26. The van der Waals surface area contributed by atoms with Crippen molar-refractivity contribution in [2.24, 2.45) is 0 Å². The van der Waals surface area contributed by atoms with Crippen LogP contribution in [0.1, 0.15) is 43.4 Å². The Morgan fingerprint density at radius 1 is 0.938 bits per heavy atom. The standard InChI is InChI=1S/C26H29NO4S/c1-5-21-12-14-22(15-13-21)27(32(29,30)23-16-10-20(4)11-17-23)26(28)18-31-25-9-7-6-8-24(25)19(2)3/h6-17,19H,5,18H2,1-4H3. The fourth-order valence-electron chi connectivity index (χ4n) is 3.39. The molecule has 32 heavy (non-hydrogen) atoms. The molecule has 0 saturated carbocycles. The molecule has 0 aromatic heterocycles. The molecule has 0 bridgehead atoms. The van der Waals surface area contributed by atoms with Gasteiger partial charge >= 0.3 is 0 Å². The van der Waals surface area contributed by atoms with Gasteiger partial charge in [0.2, 0.25) is 0 Å². The highest BCUT2D eigenvalue weighted by Gasteiger charge is 2.31. The summed E-state index contributed by atoms with van der Waals surface area (Å²) in [6.45, 7) is 7.56. The summed E-state index contributed by atoms with van der Waals surface area (Å²) >= 11 is 0. The molecular formula is C26H29NO4S. The lowest BCUT2D eigenvalue weighted by Crippen LogP contribution is -2.40. The van der Waals surface area contributed by atoms with E-state index in [4.69, 9.17) is 4.74 Å². The lowest BCUT2D eigenvalue weighted by molar-refractivity contribution is -0.119. The number of amides is 1. The number of anilines is 1. The Balaban J connectivity index is 1.96. The number of para-hydroxylation sites is 1. The number of ether oxygens (including phenoxy) is 1.